The standard InChI is InChI=1S/C13H17N5O2/c1-20-11-5-4-9(14)7-10(11)13(19)15-6-2-3-12-16-8-17-18-12/h4-5,7-8H,2-3,6,14H2,1H3,(H,15,19)(H,16,17,18). The van der Waals surface area contributed by atoms with Gasteiger partial charge in [-0.25, -0.2) is 4.98 Å². The summed E-state index contributed by atoms with van der Waals surface area (Å²) in [5, 5.41) is 9.36. The van der Waals surface area contributed by atoms with E-state index in [-0.39, 0.29) is 5.91 Å². The maximum atomic E-state index is 12.1. The van der Waals surface area contributed by atoms with Gasteiger partial charge in [0.15, 0.2) is 0 Å². The molecule has 20 heavy (non-hydrogen) atoms. The molecule has 4 N–H and O–H groups in total. The van der Waals surface area contributed by atoms with Crippen LogP contribution in [0.3, 0.4) is 0 Å². The van der Waals surface area contributed by atoms with Gasteiger partial charge in [-0.15, -0.1) is 0 Å². The summed E-state index contributed by atoms with van der Waals surface area (Å²) >= 11 is 0. The molecular weight excluding hydrogens is 258 g/mol. The lowest BCUT2D eigenvalue weighted by atomic mass is 10.1. The van der Waals surface area contributed by atoms with Crippen molar-refractivity contribution < 1.29 is 9.53 Å². The van der Waals surface area contributed by atoms with Crippen LogP contribution < -0.4 is 15.8 Å². The van der Waals surface area contributed by atoms with Gasteiger partial charge in [0.05, 0.1) is 12.7 Å². The van der Waals surface area contributed by atoms with Crippen molar-refractivity contribution in [3.05, 3.63) is 35.9 Å². The molecule has 7 nitrogen and oxygen atoms in total. The van der Waals surface area contributed by atoms with E-state index >= 15 is 0 Å². The summed E-state index contributed by atoms with van der Waals surface area (Å²) in [6, 6.07) is 4.98. The number of aromatic amines is 1. The molecule has 0 saturated carbocycles. The number of carbonyl (C=O) groups excluding carboxylic acids is 1. The lowest BCUT2D eigenvalue weighted by Gasteiger charge is -2.09. The highest BCUT2D eigenvalue weighted by Crippen LogP contribution is 2.20. The first-order valence-electron chi connectivity index (χ1n) is 6.26. The number of ether oxygens (including phenoxy) is 1. The van der Waals surface area contributed by atoms with E-state index in [9.17, 15) is 4.79 Å². The Labute approximate surface area is 116 Å². The fourth-order valence-corrected chi connectivity index (χ4v) is 1.81. The van der Waals surface area contributed by atoms with E-state index in [2.05, 4.69) is 20.5 Å². The maximum absolute atomic E-state index is 12.1. The number of nitrogens with two attached hydrogens (primary N) is 1. The number of hydrogen-bond donors (Lipinski definition) is 3. The van der Waals surface area contributed by atoms with Crippen molar-refractivity contribution in [2.24, 2.45) is 0 Å². The van der Waals surface area contributed by atoms with Crippen LogP contribution in [-0.4, -0.2) is 34.7 Å². The van der Waals surface area contributed by atoms with Gasteiger partial charge in [-0.3, -0.25) is 9.89 Å². The van der Waals surface area contributed by atoms with Gasteiger partial charge in [-0.1, -0.05) is 0 Å². The normalized spacial score (nSPS) is 10.2. The molecule has 0 aliphatic heterocycles. The third-order valence-corrected chi connectivity index (χ3v) is 2.81. The number of hydrogen-bond acceptors (Lipinski definition) is 5. The van der Waals surface area contributed by atoms with Crippen molar-refractivity contribution in [2.45, 2.75) is 12.8 Å². The Hall–Kier alpha value is -2.57. The molecule has 0 bridgehead atoms. The highest BCUT2D eigenvalue weighted by Gasteiger charge is 2.12. The average molecular weight is 275 g/mol. The maximum Gasteiger partial charge on any atom is 0.255 e. The minimum Gasteiger partial charge on any atom is -0.496 e. The van der Waals surface area contributed by atoms with Crippen molar-refractivity contribution >= 4 is 11.6 Å². The van der Waals surface area contributed by atoms with Crippen LogP contribution in [0.4, 0.5) is 5.69 Å². The molecule has 0 saturated heterocycles. The first-order chi connectivity index (χ1) is 9.70. The third kappa shape index (κ3) is 3.47. The summed E-state index contributed by atoms with van der Waals surface area (Å²) in [4.78, 5) is 16.1. The highest BCUT2D eigenvalue weighted by molar-refractivity contribution is 5.97. The minimum absolute atomic E-state index is 0.202. The van der Waals surface area contributed by atoms with Gasteiger partial charge < -0.3 is 15.8 Å². The van der Waals surface area contributed by atoms with Crippen LogP contribution in [0.15, 0.2) is 24.5 Å². The molecule has 7 heteroatoms. The number of nitrogen functional groups attached to an aromatic ring is 1. The fourth-order valence-electron chi connectivity index (χ4n) is 1.81. The van der Waals surface area contributed by atoms with Crippen molar-refractivity contribution in [3.63, 3.8) is 0 Å². The molecule has 0 fully saturated rings. The second-order valence-corrected chi connectivity index (χ2v) is 4.25. The zero-order valence-corrected chi connectivity index (χ0v) is 11.2. The molecule has 2 aromatic rings. The number of amides is 1. The van der Waals surface area contributed by atoms with Crippen molar-refractivity contribution in [3.8, 4) is 5.75 Å². The smallest absolute Gasteiger partial charge is 0.255 e. The van der Waals surface area contributed by atoms with Crippen molar-refractivity contribution in [1.29, 1.82) is 0 Å². The number of H-pyrrole nitrogens is 1. The zero-order chi connectivity index (χ0) is 14.4. The first-order valence-corrected chi connectivity index (χ1v) is 6.26. The van der Waals surface area contributed by atoms with Crippen LogP contribution in [0.25, 0.3) is 0 Å². The number of nitrogens with one attached hydrogen (secondary N) is 2. The Kier molecular flexibility index (Phi) is 4.54. The van der Waals surface area contributed by atoms with Gasteiger partial charge in [0.25, 0.3) is 5.91 Å². The summed E-state index contributed by atoms with van der Waals surface area (Å²) in [5.74, 6) is 1.11. The van der Waals surface area contributed by atoms with Gasteiger partial charge >= 0.3 is 0 Å². The number of anilines is 1. The Balaban J connectivity index is 1.87. The third-order valence-electron chi connectivity index (χ3n) is 2.81. The summed E-state index contributed by atoms with van der Waals surface area (Å²) < 4.78 is 5.15. The molecule has 1 heterocycles. The van der Waals surface area contributed by atoms with Gasteiger partial charge in [0, 0.05) is 18.7 Å². The van der Waals surface area contributed by atoms with Crippen molar-refractivity contribution in [1.82, 2.24) is 20.5 Å². The number of nitrogens with zero attached hydrogens (tertiary/aromatic N) is 2. The number of benzene rings is 1. The summed E-state index contributed by atoms with van der Waals surface area (Å²) in [6.45, 7) is 0.539. The van der Waals surface area contributed by atoms with E-state index < -0.39 is 0 Å². The fraction of sp³-hybridized carbons (Fsp3) is 0.308. The molecule has 0 aliphatic rings. The molecule has 106 valence electrons. The van der Waals surface area contributed by atoms with Gasteiger partial charge in [-0.05, 0) is 24.6 Å². The summed E-state index contributed by atoms with van der Waals surface area (Å²) in [7, 11) is 1.52. The Morgan fingerprint density at radius 2 is 2.35 bits per heavy atom. The van der Waals surface area contributed by atoms with Crippen LogP contribution in [0, 0.1) is 0 Å². The molecule has 1 aromatic heterocycles. The molecule has 1 amide bonds. The van der Waals surface area contributed by atoms with Crippen LogP contribution in [0.1, 0.15) is 22.6 Å². The molecule has 0 atom stereocenters. The van der Waals surface area contributed by atoms with Crippen LogP contribution in [0.5, 0.6) is 5.75 Å². The number of aromatic nitrogens is 3. The van der Waals surface area contributed by atoms with Crippen molar-refractivity contribution in [2.75, 3.05) is 19.4 Å². The lowest BCUT2D eigenvalue weighted by Crippen LogP contribution is -2.25. The van der Waals surface area contributed by atoms with E-state index in [1.165, 1.54) is 13.4 Å². The molecule has 2 rings (SSSR count). The van der Waals surface area contributed by atoms with E-state index in [1.807, 2.05) is 0 Å². The van der Waals surface area contributed by atoms with E-state index in [0.717, 1.165) is 18.7 Å². The SMILES string of the molecule is COc1ccc(N)cc1C(=O)NCCCc1ncn[nH]1. The van der Waals surface area contributed by atoms with Crippen LogP contribution >= 0.6 is 0 Å². The highest BCUT2D eigenvalue weighted by atomic mass is 16.5. The second kappa shape index (κ2) is 6.55. The predicted molar refractivity (Wildman–Crippen MR) is 74.4 cm³/mol. The number of aryl methyl sites for hydroxylation is 1. The van der Waals surface area contributed by atoms with Gasteiger partial charge in [0.1, 0.15) is 17.9 Å². The number of methoxy groups -OCH3 is 1. The second-order valence-electron chi connectivity index (χ2n) is 4.25. The quantitative estimate of drug-likeness (QED) is 0.533. The Morgan fingerprint density at radius 1 is 1.50 bits per heavy atom. The summed E-state index contributed by atoms with van der Waals surface area (Å²) in [5.41, 5.74) is 6.65. The molecular formula is C13H17N5O2. The number of carbonyl (C=O) groups is 1. The molecule has 1 aromatic carbocycles. The van der Waals surface area contributed by atoms with E-state index in [0.29, 0.717) is 23.5 Å². The number of rotatable bonds is 6. The van der Waals surface area contributed by atoms with Gasteiger partial charge in [-0.2, -0.15) is 5.10 Å². The first kappa shape index (κ1) is 13.9. The topological polar surface area (TPSA) is 106 Å². The Morgan fingerprint density at radius 3 is 3.05 bits per heavy atom. The van der Waals surface area contributed by atoms with Gasteiger partial charge in [0.2, 0.25) is 0 Å². The lowest BCUT2D eigenvalue weighted by molar-refractivity contribution is 0.0950. The molecule has 0 aliphatic carbocycles. The molecule has 0 radical (unpaired) electrons. The largest absolute Gasteiger partial charge is 0.496 e. The van der Waals surface area contributed by atoms with Crippen LogP contribution in [0.2, 0.25) is 0 Å². The van der Waals surface area contributed by atoms with E-state index in [4.69, 9.17) is 10.5 Å². The van der Waals surface area contributed by atoms with E-state index in [1.54, 1.807) is 18.2 Å². The molecule has 0 spiro atoms. The average Bonchev–Trinajstić information content (AvgIpc) is 2.96. The van der Waals surface area contributed by atoms with Crippen LogP contribution in [-0.2, 0) is 6.42 Å². The molecule has 0 unspecified atom stereocenters. The zero-order valence-electron chi connectivity index (χ0n) is 11.2. The predicted octanol–water partition coefficient (Wildman–Crippen LogP) is 0.758. The summed E-state index contributed by atoms with van der Waals surface area (Å²) in [6.07, 6.45) is 2.96. The monoisotopic (exact) mass is 275 g/mol. The Bertz CT molecular complexity index is 568. The minimum atomic E-state index is -0.202.